The van der Waals surface area contributed by atoms with Crippen molar-refractivity contribution in [3.8, 4) is 5.75 Å². The molecule has 0 saturated heterocycles. The van der Waals surface area contributed by atoms with Gasteiger partial charge in [0, 0.05) is 19.2 Å². The van der Waals surface area contributed by atoms with Gasteiger partial charge in [0.25, 0.3) is 5.91 Å². The van der Waals surface area contributed by atoms with E-state index in [9.17, 15) is 13.2 Å². The van der Waals surface area contributed by atoms with Gasteiger partial charge in [0.15, 0.2) is 6.61 Å². The van der Waals surface area contributed by atoms with Crippen molar-refractivity contribution in [2.24, 2.45) is 0 Å². The van der Waals surface area contributed by atoms with E-state index in [1.165, 1.54) is 18.2 Å². The molecular formula is C15H23ClN2O5S. The summed E-state index contributed by atoms with van der Waals surface area (Å²) in [7, 11) is -2.09. The zero-order valence-electron chi connectivity index (χ0n) is 14.1. The monoisotopic (exact) mass is 378 g/mol. The molecule has 1 amide bonds. The highest BCUT2D eigenvalue weighted by atomic mass is 35.5. The first-order chi connectivity index (χ1) is 11.2. The summed E-state index contributed by atoms with van der Waals surface area (Å²) in [5, 5.41) is 2.80. The lowest BCUT2D eigenvalue weighted by atomic mass is 10.3. The van der Waals surface area contributed by atoms with Crippen molar-refractivity contribution in [2.75, 3.05) is 20.3 Å². The van der Waals surface area contributed by atoms with E-state index in [-0.39, 0.29) is 40.3 Å². The Bertz CT molecular complexity index is 664. The highest BCUT2D eigenvalue weighted by Gasteiger charge is 2.17. The summed E-state index contributed by atoms with van der Waals surface area (Å²) in [4.78, 5) is 11.8. The Morgan fingerprint density at radius 1 is 1.29 bits per heavy atom. The second-order valence-corrected chi connectivity index (χ2v) is 7.70. The number of carbonyl (C=O) groups excluding carboxylic acids is 1. The van der Waals surface area contributed by atoms with Gasteiger partial charge in [-0.1, -0.05) is 11.6 Å². The molecule has 136 valence electrons. The Balaban J connectivity index is 2.71. The molecule has 1 rings (SSSR count). The lowest BCUT2D eigenvalue weighted by molar-refractivity contribution is -0.124. The molecule has 9 heteroatoms. The van der Waals surface area contributed by atoms with Crippen molar-refractivity contribution < 1.29 is 22.7 Å². The first kappa shape index (κ1) is 20.7. The molecule has 0 saturated carbocycles. The SMILES string of the molecule is COC[C@@H](C)NC(=O)COc1ccc(S(=O)(=O)NC(C)C)cc1Cl. The summed E-state index contributed by atoms with van der Waals surface area (Å²) >= 11 is 6.04. The average Bonchev–Trinajstić information content (AvgIpc) is 2.44. The number of carbonyl (C=O) groups is 1. The zero-order valence-corrected chi connectivity index (χ0v) is 15.7. The number of rotatable bonds is 9. The Labute approximate surface area is 147 Å². The van der Waals surface area contributed by atoms with Gasteiger partial charge in [-0.3, -0.25) is 4.79 Å². The molecule has 1 aromatic rings. The van der Waals surface area contributed by atoms with Crippen LogP contribution in [0.25, 0.3) is 0 Å². The second kappa shape index (κ2) is 9.22. The lowest BCUT2D eigenvalue weighted by Gasteiger charge is -2.14. The van der Waals surface area contributed by atoms with Crippen LogP contribution >= 0.6 is 11.6 Å². The molecule has 2 N–H and O–H groups in total. The number of nitrogens with one attached hydrogen (secondary N) is 2. The molecule has 7 nitrogen and oxygen atoms in total. The van der Waals surface area contributed by atoms with Crippen molar-refractivity contribution in [3.63, 3.8) is 0 Å². The summed E-state index contributed by atoms with van der Waals surface area (Å²) in [5.74, 6) is -0.0940. The van der Waals surface area contributed by atoms with Crippen molar-refractivity contribution in [1.29, 1.82) is 0 Å². The third kappa shape index (κ3) is 6.64. The highest BCUT2D eigenvalue weighted by Crippen LogP contribution is 2.27. The van der Waals surface area contributed by atoms with Crippen LogP contribution in [0.5, 0.6) is 5.75 Å². The van der Waals surface area contributed by atoms with E-state index in [1.54, 1.807) is 27.9 Å². The minimum Gasteiger partial charge on any atom is -0.482 e. The molecule has 24 heavy (non-hydrogen) atoms. The van der Waals surface area contributed by atoms with E-state index >= 15 is 0 Å². The van der Waals surface area contributed by atoms with Crippen molar-refractivity contribution in [2.45, 2.75) is 37.8 Å². The van der Waals surface area contributed by atoms with Gasteiger partial charge in [0.1, 0.15) is 5.75 Å². The molecule has 0 bridgehead atoms. The topological polar surface area (TPSA) is 93.7 Å². The summed E-state index contributed by atoms with van der Waals surface area (Å²) < 4.78 is 36.8. The number of amides is 1. The van der Waals surface area contributed by atoms with Gasteiger partial charge < -0.3 is 14.8 Å². The Kier molecular flexibility index (Phi) is 7.95. The van der Waals surface area contributed by atoms with Crippen LogP contribution in [-0.4, -0.2) is 46.7 Å². The predicted octanol–water partition coefficient (Wildman–Crippen LogP) is 1.56. The first-order valence-electron chi connectivity index (χ1n) is 7.38. The molecule has 1 atom stereocenters. The molecule has 0 spiro atoms. The van der Waals surface area contributed by atoms with Crippen molar-refractivity contribution in [3.05, 3.63) is 23.2 Å². The minimum atomic E-state index is -3.64. The van der Waals surface area contributed by atoms with Crippen LogP contribution in [0.3, 0.4) is 0 Å². The normalized spacial score (nSPS) is 12.9. The van der Waals surface area contributed by atoms with E-state index < -0.39 is 10.0 Å². The third-order valence-electron chi connectivity index (χ3n) is 2.79. The lowest BCUT2D eigenvalue weighted by Crippen LogP contribution is -2.38. The van der Waals surface area contributed by atoms with Gasteiger partial charge in [-0.15, -0.1) is 0 Å². The second-order valence-electron chi connectivity index (χ2n) is 5.58. The maximum Gasteiger partial charge on any atom is 0.258 e. The number of halogens is 1. The van der Waals surface area contributed by atoms with Gasteiger partial charge in [0.2, 0.25) is 10.0 Å². The molecule has 0 aliphatic heterocycles. The average molecular weight is 379 g/mol. The standard InChI is InChI=1S/C15H23ClN2O5S/c1-10(2)18-24(20,21)12-5-6-14(13(16)7-12)23-9-15(19)17-11(3)8-22-4/h5-7,10-11,18H,8-9H2,1-4H3,(H,17,19)/t11-/m1/s1. The van der Waals surface area contributed by atoms with Crippen molar-refractivity contribution in [1.82, 2.24) is 10.0 Å². The minimum absolute atomic E-state index is 0.0340. The third-order valence-corrected chi connectivity index (χ3v) is 4.74. The van der Waals surface area contributed by atoms with Crippen LogP contribution in [-0.2, 0) is 19.6 Å². The van der Waals surface area contributed by atoms with Gasteiger partial charge >= 0.3 is 0 Å². The maximum atomic E-state index is 12.1. The van der Waals surface area contributed by atoms with E-state index in [4.69, 9.17) is 21.1 Å². The summed E-state index contributed by atoms with van der Waals surface area (Å²) in [6.45, 7) is 5.40. The maximum absolute atomic E-state index is 12.1. The quantitative estimate of drug-likeness (QED) is 0.680. The van der Waals surface area contributed by atoms with Crippen LogP contribution in [0.4, 0.5) is 0 Å². The number of hydrogen-bond donors (Lipinski definition) is 2. The predicted molar refractivity (Wildman–Crippen MR) is 91.9 cm³/mol. The number of ether oxygens (including phenoxy) is 2. The Hall–Kier alpha value is -1.35. The molecular weight excluding hydrogens is 356 g/mol. The van der Waals surface area contributed by atoms with E-state index in [0.29, 0.717) is 6.61 Å². The van der Waals surface area contributed by atoms with Gasteiger partial charge in [0.05, 0.1) is 16.5 Å². The number of hydrogen-bond acceptors (Lipinski definition) is 5. The fourth-order valence-electron chi connectivity index (χ4n) is 1.90. The van der Waals surface area contributed by atoms with Crippen LogP contribution in [0.2, 0.25) is 5.02 Å². The fourth-order valence-corrected chi connectivity index (χ4v) is 3.47. The van der Waals surface area contributed by atoms with E-state index in [2.05, 4.69) is 10.0 Å². The number of sulfonamides is 1. The number of methoxy groups -OCH3 is 1. The highest BCUT2D eigenvalue weighted by molar-refractivity contribution is 7.89. The van der Waals surface area contributed by atoms with E-state index in [1.807, 2.05) is 0 Å². The molecule has 0 aliphatic rings. The number of benzene rings is 1. The summed E-state index contributed by atoms with van der Waals surface area (Å²) in [6, 6.07) is 3.70. The van der Waals surface area contributed by atoms with Crippen LogP contribution < -0.4 is 14.8 Å². The van der Waals surface area contributed by atoms with Crippen molar-refractivity contribution >= 4 is 27.5 Å². The fraction of sp³-hybridized carbons (Fsp3) is 0.533. The van der Waals surface area contributed by atoms with Crippen LogP contribution in [0.1, 0.15) is 20.8 Å². The van der Waals surface area contributed by atoms with E-state index in [0.717, 1.165) is 0 Å². The molecule has 0 fully saturated rings. The smallest absolute Gasteiger partial charge is 0.258 e. The molecule has 0 aromatic heterocycles. The summed E-state index contributed by atoms with van der Waals surface area (Å²) in [6.07, 6.45) is 0. The zero-order chi connectivity index (χ0) is 18.3. The van der Waals surface area contributed by atoms with Crippen LogP contribution in [0, 0.1) is 0 Å². The molecule has 0 radical (unpaired) electrons. The van der Waals surface area contributed by atoms with Gasteiger partial charge in [-0.2, -0.15) is 0 Å². The van der Waals surface area contributed by atoms with Gasteiger partial charge in [-0.25, -0.2) is 13.1 Å². The summed E-state index contributed by atoms with van der Waals surface area (Å²) in [5.41, 5.74) is 0. The Morgan fingerprint density at radius 2 is 1.96 bits per heavy atom. The molecule has 0 aliphatic carbocycles. The molecule has 0 heterocycles. The van der Waals surface area contributed by atoms with Gasteiger partial charge in [-0.05, 0) is 39.0 Å². The largest absolute Gasteiger partial charge is 0.482 e. The molecule has 1 aromatic carbocycles. The Morgan fingerprint density at radius 3 is 2.50 bits per heavy atom. The molecule has 0 unspecified atom stereocenters. The van der Waals surface area contributed by atoms with Crippen LogP contribution in [0.15, 0.2) is 23.1 Å². The first-order valence-corrected chi connectivity index (χ1v) is 9.24.